The van der Waals surface area contributed by atoms with Crippen LogP contribution in [0.3, 0.4) is 0 Å². The highest BCUT2D eigenvalue weighted by molar-refractivity contribution is 5.86. The number of rotatable bonds is 4. The topological polar surface area (TPSA) is 113 Å². The molecule has 118 valence electrons. The van der Waals surface area contributed by atoms with Crippen LogP contribution >= 0.6 is 0 Å². The molecule has 0 N–H and O–H groups in total. The smallest absolute Gasteiger partial charge is 0.409 e. The predicted octanol–water partition coefficient (Wildman–Crippen LogP) is 3.00. The van der Waals surface area contributed by atoms with Gasteiger partial charge >= 0.3 is 23.5 Å². The third-order valence-electron chi connectivity index (χ3n) is 2.28. The first kappa shape index (κ1) is 17.1. The van der Waals surface area contributed by atoms with Crippen LogP contribution in [0.5, 0.6) is 5.75 Å². The van der Waals surface area contributed by atoms with Gasteiger partial charge in [0.2, 0.25) is 0 Å². The number of benzene rings is 1. The molecule has 0 aliphatic carbocycles. The van der Waals surface area contributed by atoms with E-state index in [9.17, 15) is 38.2 Å². The number of esters is 1. The Hall–Kier alpha value is -2.98. The van der Waals surface area contributed by atoms with E-state index in [2.05, 4.69) is 4.74 Å². The van der Waals surface area contributed by atoms with Crippen molar-refractivity contribution in [2.45, 2.75) is 13.1 Å². The van der Waals surface area contributed by atoms with Crippen molar-refractivity contribution in [3.8, 4) is 5.75 Å². The van der Waals surface area contributed by atoms with Gasteiger partial charge in [0.05, 0.1) is 15.4 Å². The van der Waals surface area contributed by atoms with Crippen LogP contribution in [0.4, 0.5) is 24.5 Å². The van der Waals surface area contributed by atoms with Crippen LogP contribution in [0.25, 0.3) is 0 Å². The molecule has 0 amide bonds. The van der Waals surface area contributed by atoms with Crippen molar-refractivity contribution in [2.24, 2.45) is 0 Å². The number of nitro benzene ring substituents is 2. The van der Waals surface area contributed by atoms with Crippen molar-refractivity contribution < 1.29 is 32.5 Å². The maximum atomic E-state index is 12.6. The molecule has 0 aliphatic rings. The van der Waals surface area contributed by atoms with E-state index in [4.69, 9.17) is 0 Å². The van der Waals surface area contributed by atoms with Crippen LogP contribution in [0.15, 0.2) is 24.3 Å². The van der Waals surface area contributed by atoms with Gasteiger partial charge in [-0.2, -0.15) is 13.2 Å². The zero-order valence-electron chi connectivity index (χ0n) is 10.8. The van der Waals surface area contributed by atoms with E-state index in [0.717, 1.165) is 6.08 Å². The van der Waals surface area contributed by atoms with E-state index in [1.807, 2.05) is 0 Å². The molecule has 0 unspecified atom stereocenters. The second-order valence-electron chi connectivity index (χ2n) is 3.78. The Morgan fingerprint density at radius 3 is 1.95 bits per heavy atom. The molecule has 0 aromatic heterocycles. The summed E-state index contributed by atoms with van der Waals surface area (Å²) >= 11 is 0. The number of allylic oxidation sites excluding steroid dienone is 1. The SMILES string of the molecule is C/C=C/C(=O)Oc1c([N+](=O)[O-])cc(C(F)(F)F)cc1[N+](=O)[O-]. The number of hydrogen-bond acceptors (Lipinski definition) is 6. The van der Waals surface area contributed by atoms with Gasteiger partial charge < -0.3 is 4.74 Å². The molecule has 0 saturated heterocycles. The van der Waals surface area contributed by atoms with E-state index in [-0.39, 0.29) is 12.1 Å². The Labute approximate surface area is 120 Å². The molecule has 0 heterocycles. The van der Waals surface area contributed by atoms with Gasteiger partial charge in [0.15, 0.2) is 0 Å². The molecule has 0 saturated carbocycles. The number of ether oxygens (including phenoxy) is 1. The van der Waals surface area contributed by atoms with Gasteiger partial charge in [-0.3, -0.25) is 20.2 Å². The monoisotopic (exact) mass is 320 g/mol. The lowest BCUT2D eigenvalue weighted by molar-refractivity contribution is -0.396. The highest BCUT2D eigenvalue weighted by Gasteiger charge is 2.38. The summed E-state index contributed by atoms with van der Waals surface area (Å²) in [6.45, 7) is 1.40. The van der Waals surface area contributed by atoms with Crippen LogP contribution in [-0.4, -0.2) is 15.8 Å². The Bertz CT molecular complexity index is 633. The van der Waals surface area contributed by atoms with Gasteiger partial charge in [0.25, 0.3) is 5.75 Å². The zero-order valence-corrected chi connectivity index (χ0v) is 10.8. The summed E-state index contributed by atoms with van der Waals surface area (Å²) in [6, 6.07) is 0.122. The molecule has 0 atom stereocenters. The molecule has 0 spiro atoms. The maximum Gasteiger partial charge on any atom is 0.416 e. The summed E-state index contributed by atoms with van der Waals surface area (Å²) in [5, 5.41) is 21.6. The lowest BCUT2D eigenvalue weighted by atomic mass is 10.1. The number of carbonyl (C=O) groups is 1. The van der Waals surface area contributed by atoms with Crippen molar-refractivity contribution in [2.75, 3.05) is 0 Å². The number of alkyl halides is 3. The summed E-state index contributed by atoms with van der Waals surface area (Å²) in [5.74, 6) is -2.36. The quantitative estimate of drug-likeness (QED) is 0.277. The summed E-state index contributed by atoms with van der Waals surface area (Å²) in [5.41, 5.74) is -4.27. The molecular formula is C11H7F3N2O6. The number of carbonyl (C=O) groups excluding carboxylic acids is 1. The fourth-order valence-corrected chi connectivity index (χ4v) is 1.41. The maximum absolute atomic E-state index is 12.6. The molecule has 1 aromatic carbocycles. The molecule has 0 fully saturated rings. The van der Waals surface area contributed by atoms with E-state index in [1.165, 1.54) is 13.0 Å². The third kappa shape index (κ3) is 3.77. The van der Waals surface area contributed by atoms with Crippen LogP contribution in [0.2, 0.25) is 0 Å². The minimum Gasteiger partial charge on any atom is -0.409 e. The van der Waals surface area contributed by atoms with E-state index < -0.39 is 44.7 Å². The normalized spacial score (nSPS) is 11.5. The summed E-state index contributed by atoms with van der Waals surface area (Å²) in [7, 11) is 0. The van der Waals surface area contributed by atoms with Crippen molar-refractivity contribution >= 4 is 17.3 Å². The van der Waals surface area contributed by atoms with Crippen LogP contribution in [0, 0.1) is 20.2 Å². The standard InChI is InChI=1S/C11H7F3N2O6/c1-2-3-9(17)22-10-7(15(18)19)4-6(11(12,13)14)5-8(10)16(20)21/h2-5H,1H3/b3-2+. The molecule has 1 aromatic rings. The number of halogens is 3. The second-order valence-corrected chi connectivity index (χ2v) is 3.78. The first-order valence-corrected chi connectivity index (χ1v) is 5.46. The van der Waals surface area contributed by atoms with Crippen LogP contribution in [0.1, 0.15) is 12.5 Å². The van der Waals surface area contributed by atoms with Gasteiger partial charge in [0.1, 0.15) is 0 Å². The van der Waals surface area contributed by atoms with Crippen LogP contribution < -0.4 is 4.74 Å². The molecule has 8 nitrogen and oxygen atoms in total. The highest BCUT2D eigenvalue weighted by Crippen LogP contribution is 2.42. The fourth-order valence-electron chi connectivity index (χ4n) is 1.41. The van der Waals surface area contributed by atoms with E-state index in [1.54, 1.807) is 0 Å². The van der Waals surface area contributed by atoms with E-state index in [0.29, 0.717) is 0 Å². The van der Waals surface area contributed by atoms with Crippen molar-refractivity contribution in [1.82, 2.24) is 0 Å². The Kier molecular flexibility index (Phi) is 4.81. The molecular weight excluding hydrogens is 313 g/mol. The first-order valence-electron chi connectivity index (χ1n) is 5.46. The zero-order chi connectivity index (χ0) is 17.1. The molecule has 0 radical (unpaired) electrons. The average molecular weight is 320 g/mol. The summed E-state index contributed by atoms with van der Waals surface area (Å²) in [4.78, 5) is 30.3. The number of nitro groups is 2. The predicted molar refractivity (Wildman–Crippen MR) is 65.2 cm³/mol. The number of nitrogens with zero attached hydrogens (tertiary/aromatic N) is 2. The summed E-state index contributed by atoms with van der Waals surface area (Å²) in [6.07, 6.45) is -3.06. The second kappa shape index (κ2) is 6.20. The van der Waals surface area contributed by atoms with Crippen molar-refractivity contribution in [3.63, 3.8) is 0 Å². The average Bonchev–Trinajstić information content (AvgIpc) is 2.36. The largest absolute Gasteiger partial charge is 0.416 e. The molecule has 1 rings (SSSR count). The highest BCUT2D eigenvalue weighted by atomic mass is 19.4. The number of hydrogen-bond donors (Lipinski definition) is 0. The molecule has 22 heavy (non-hydrogen) atoms. The van der Waals surface area contributed by atoms with Gasteiger partial charge in [-0.25, -0.2) is 4.79 Å². The summed E-state index contributed by atoms with van der Waals surface area (Å²) < 4.78 is 42.3. The van der Waals surface area contributed by atoms with Gasteiger partial charge in [-0.05, 0) is 6.92 Å². The Morgan fingerprint density at radius 2 is 1.64 bits per heavy atom. The van der Waals surface area contributed by atoms with Gasteiger partial charge in [0, 0.05) is 18.2 Å². The molecule has 0 aliphatic heterocycles. The Morgan fingerprint density at radius 1 is 1.18 bits per heavy atom. The van der Waals surface area contributed by atoms with Crippen LogP contribution in [-0.2, 0) is 11.0 Å². The Balaban J connectivity index is 3.61. The molecule has 11 heteroatoms. The van der Waals surface area contributed by atoms with Gasteiger partial charge in [-0.15, -0.1) is 0 Å². The lowest BCUT2D eigenvalue weighted by Crippen LogP contribution is -2.11. The van der Waals surface area contributed by atoms with E-state index >= 15 is 0 Å². The minimum atomic E-state index is -5.04. The third-order valence-corrected chi connectivity index (χ3v) is 2.28. The van der Waals surface area contributed by atoms with Gasteiger partial charge in [-0.1, -0.05) is 6.08 Å². The van der Waals surface area contributed by atoms with Crippen molar-refractivity contribution in [1.29, 1.82) is 0 Å². The fraction of sp³-hybridized carbons (Fsp3) is 0.182. The lowest BCUT2D eigenvalue weighted by Gasteiger charge is -2.09. The first-order chi connectivity index (χ1) is 10.1. The molecule has 0 bridgehead atoms. The minimum absolute atomic E-state index is 0.0608. The van der Waals surface area contributed by atoms with Crippen molar-refractivity contribution in [3.05, 3.63) is 50.1 Å².